The average Bonchev–Trinajstić information content (AvgIpc) is 2.88. The third kappa shape index (κ3) is 5.84. The van der Waals surface area contributed by atoms with E-state index in [9.17, 15) is 20.2 Å². The number of halogens is 1. The molecule has 35 heavy (non-hydrogen) atoms. The molecular formula is C26H17ClN4O3S. The van der Waals surface area contributed by atoms with Crippen LogP contribution < -0.4 is 5.32 Å². The normalized spacial score (nSPS) is 10.4. The SMILES string of the molecule is N#Cc1c(-c2ccccc2)cc(-c2ccc(Cl)cc2)nc1SCC(=O)Nc1cccc([N+](=O)[O-])c1. The van der Waals surface area contributed by atoms with Crippen LogP contribution in [0, 0.1) is 21.4 Å². The fourth-order valence-corrected chi connectivity index (χ4v) is 4.31. The third-order valence-electron chi connectivity index (χ3n) is 5.00. The van der Waals surface area contributed by atoms with Crippen LogP contribution in [0.3, 0.4) is 0 Å². The van der Waals surface area contributed by atoms with Crippen LogP contribution in [-0.4, -0.2) is 21.6 Å². The molecule has 1 N–H and O–H groups in total. The predicted octanol–water partition coefficient (Wildman–Crippen LogP) is 6.58. The number of hydrogen-bond acceptors (Lipinski definition) is 6. The van der Waals surface area contributed by atoms with Crippen LogP contribution in [-0.2, 0) is 4.79 Å². The standard InChI is InChI=1S/C26H17ClN4O3S/c27-19-11-9-18(10-12-19)24-14-22(17-5-2-1-3-6-17)23(15-28)26(30-24)35-16-25(32)29-20-7-4-8-21(13-20)31(33)34/h1-14H,16H2,(H,29,32). The second-order valence-corrected chi connectivity index (χ2v) is 8.76. The number of nitrogens with one attached hydrogen (secondary N) is 1. The van der Waals surface area contributed by atoms with Gasteiger partial charge in [-0.1, -0.05) is 71.9 Å². The van der Waals surface area contributed by atoms with Crippen LogP contribution >= 0.6 is 23.4 Å². The van der Waals surface area contributed by atoms with Gasteiger partial charge in [-0.2, -0.15) is 5.26 Å². The lowest BCUT2D eigenvalue weighted by molar-refractivity contribution is -0.384. The lowest BCUT2D eigenvalue weighted by Crippen LogP contribution is -2.14. The zero-order valence-corrected chi connectivity index (χ0v) is 19.7. The van der Waals surface area contributed by atoms with Crippen LogP contribution in [0.5, 0.6) is 0 Å². The molecule has 1 heterocycles. The molecular weight excluding hydrogens is 484 g/mol. The lowest BCUT2D eigenvalue weighted by atomic mass is 9.99. The first-order valence-electron chi connectivity index (χ1n) is 10.4. The Morgan fingerprint density at radius 3 is 2.46 bits per heavy atom. The summed E-state index contributed by atoms with van der Waals surface area (Å²) in [6, 6.07) is 26.5. The molecule has 0 aliphatic rings. The van der Waals surface area contributed by atoms with Gasteiger partial charge < -0.3 is 5.32 Å². The Morgan fingerprint density at radius 2 is 1.77 bits per heavy atom. The van der Waals surface area contributed by atoms with Crippen LogP contribution in [0.2, 0.25) is 5.02 Å². The Labute approximate surface area is 210 Å². The molecule has 4 rings (SSSR count). The van der Waals surface area contributed by atoms with Crippen LogP contribution in [0.4, 0.5) is 11.4 Å². The fraction of sp³-hybridized carbons (Fsp3) is 0.0385. The number of carbonyl (C=O) groups excluding carboxylic acids is 1. The summed E-state index contributed by atoms with van der Waals surface area (Å²) >= 11 is 7.16. The molecule has 0 aliphatic carbocycles. The smallest absolute Gasteiger partial charge is 0.271 e. The van der Waals surface area contributed by atoms with Crippen molar-refractivity contribution in [3.63, 3.8) is 0 Å². The highest BCUT2D eigenvalue weighted by molar-refractivity contribution is 8.00. The minimum absolute atomic E-state index is 0.0390. The number of hydrogen-bond donors (Lipinski definition) is 1. The monoisotopic (exact) mass is 500 g/mol. The topological polar surface area (TPSA) is 109 Å². The van der Waals surface area contributed by atoms with Gasteiger partial charge >= 0.3 is 0 Å². The Balaban J connectivity index is 1.65. The number of benzene rings is 3. The van der Waals surface area contributed by atoms with Gasteiger partial charge in [-0.3, -0.25) is 14.9 Å². The molecule has 1 amide bonds. The maximum Gasteiger partial charge on any atom is 0.271 e. The van der Waals surface area contributed by atoms with Crippen molar-refractivity contribution in [1.29, 1.82) is 5.26 Å². The highest BCUT2D eigenvalue weighted by Crippen LogP contribution is 2.34. The first-order chi connectivity index (χ1) is 16.9. The van der Waals surface area contributed by atoms with E-state index in [4.69, 9.17) is 11.6 Å². The van der Waals surface area contributed by atoms with Gasteiger partial charge in [0.2, 0.25) is 5.91 Å². The van der Waals surface area contributed by atoms with Crippen LogP contribution in [0.1, 0.15) is 5.56 Å². The Bertz CT molecular complexity index is 1440. The van der Waals surface area contributed by atoms with Gasteiger partial charge in [-0.25, -0.2) is 4.98 Å². The minimum atomic E-state index is -0.527. The molecule has 0 radical (unpaired) electrons. The molecule has 0 bridgehead atoms. The number of aromatic nitrogens is 1. The van der Waals surface area contributed by atoms with Gasteiger partial charge in [0.15, 0.2) is 0 Å². The number of thioether (sulfide) groups is 1. The number of nitrogens with zero attached hydrogens (tertiary/aromatic N) is 3. The van der Waals surface area contributed by atoms with Gasteiger partial charge in [0.1, 0.15) is 11.1 Å². The molecule has 4 aromatic rings. The summed E-state index contributed by atoms with van der Waals surface area (Å²) in [6.07, 6.45) is 0. The third-order valence-corrected chi connectivity index (χ3v) is 6.23. The number of anilines is 1. The second-order valence-electron chi connectivity index (χ2n) is 7.36. The predicted molar refractivity (Wildman–Crippen MR) is 137 cm³/mol. The fourth-order valence-electron chi connectivity index (χ4n) is 3.38. The molecule has 0 fully saturated rings. The van der Waals surface area contributed by atoms with Crippen molar-refractivity contribution in [3.8, 4) is 28.5 Å². The molecule has 3 aromatic carbocycles. The molecule has 9 heteroatoms. The number of nitriles is 1. The van der Waals surface area contributed by atoms with Crippen molar-refractivity contribution in [2.75, 3.05) is 11.1 Å². The summed E-state index contributed by atoms with van der Waals surface area (Å²) in [5, 5.41) is 24.6. The highest BCUT2D eigenvalue weighted by Gasteiger charge is 2.17. The maximum atomic E-state index is 12.6. The number of nitro groups is 1. The molecule has 0 saturated heterocycles. The number of non-ortho nitro benzene ring substituents is 1. The Kier molecular flexibility index (Phi) is 7.41. The van der Waals surface area contributed by atoms with Gasteiger partial charge in [0, 0.05) is 34.0 Å². The number of rotatable bonds is 7. The lowest BCUT2D eigenvalue weighted by Gasteiger charge is -2.13. The quantitative estimate of drug-likeness (QED) is 0.174. The maximum absolute atomic E-state index is 12.6. The van der Waals surface area contributed by atoms with E-state index in [2.05, 4.69) is 16.4 Å². The number of amides is 1. The van der Waals surface area contributed by atoms with E-state index in [0.29, 0.717) is 32.6 Å². The van der Waals surface area contributed by atoms with Gasteiger partial charge in [0.25, 0.3) is 5.69 Å². The van der Waals surface area contributed by atoms with E-state index in [1.165, 1.54) is 18.2 Å². The Morgan fingerprint density at radius 1 is 1.03 bits per heavy atom. The first kappa shape index (κ1) is 24.0. The van der Waals surface area contributed by atoms with E-state index in [0.717, 1.165) is 22.9 Å². The molecule has 0 aliphatic heterocycles. The van der Waals surface area contributed by atoms with Gasteiger partial charge in [0.05, 0.1) is 21.9 Å². The highest BCUT2D eigenvalue weighted by atomic mass is 35.5. The van der Waals surface area contributed by atoms with E-state index in [1.807, 2.05) is 48.5 Å². The molecule has 1 aromatic heterocycles. The van der Waals surface area contributed by atoms with E-state index >= 15 is 0 Å². The molecule has 0 atom stereocenters. The van der Waals surface area contributed by atoms with Crippen molar-refractivity contribution in [3.05, 3.63) is 106 Å². The van der Waals surface area contributed by atoms with E-state index in [-0.39, 0.29) is 17.3 Å². The molecule has 0 spiro atoms. The van der Waals surface area contributed by atoms with Gasteiger partial charge in [-0.15, -0.1) is 0 Å². The molecule has 0 unspecified atom stereocenters. The number of nitro benzene ring substituents is 1. The molecule has 172 valence electrons. The summed E-state index contributed by atoms with van der Waals surface area (Å²) in [6.45, 7) is 0. The van der Waals surface area contributed by atoms with E-state index in [1.54, 1.807) is 18.2 Å². The zero-order chi connectivity index (χ0) is 24.8. The first-order valence-corrected chi connectivity index (χ1v) is 11.7. The largest absolute Gasteiger partial charge is 0.325 e. The van der Waals surface area contributed by atoms with Crippen molar-refractivity contribution in [1.82, 2.24) is 4.98 Å². The summed E-state index contributed by atoms with van der Waals surface area (Å²) in [5.74, 6) is -0.415. The minimum Gasteiger partial charge on any atom is -0.325 e. The van der Waals surface area contributed by atoms with Crippen molar-refractivity contribution < 1.29 is 9.72 Å². The van der Waals surface area contributed by atoms with Gasteiger partial charge in [-0.05, 0) is 29.8 Å². The van der Waals surface area contributed by atoms with E-state index < -0.39 is 4.92 Å². The van der Waals surface area contributed by atoms with Crippen LogP contribution in [0.25, 0.3) is 22.4 Å². The molecule has 0 saturated carbocycles. The average molecular weight is 501 g/mol. The van der Waals surface area contributed by atoms with Crippen molar-refractivity contribution in [2.24, 2.45) is 0 Å². The van der Waals surface area contributed by atoms with Crippen molar-refractivity contribution in [2.45, 2.75) is 5.03 Å². The summed E-state index contributed by atoms with van der Waals surface area (Å²) in [7, 11) is 0. The summed E-state index contributed by atoms with van der Waals surface area (Å²) in [4.78, 5) is 27.7. The van der Waals surface area contributed by atoms with Crippen molar-refractivity contribution >= 4 is 40.6 Å². The Hall–Kier alpha value is -4.19. The summed E-state index contributed by atoms with van der Waals surface area (Å²) in [5.41, 5.74) is 3.58. The van der Waals surface area contributed by atoms with Crippen LogP contribution in [0.15, 0.2) is 90.0 Å². The summed E-state index contributed by atoms with van der Waals surface area (Å²) < 4.78 is 0. The number of carbonyl (C=O) groups is 1. The molecule has 7 nitrogen and oxygen atoms in total. The number of pyridine rings is 1. The second kappa shape index (κ2) is 10.8. The zero-order valence-electron chi connectivity index (χ0n) is 18.1.